The predicted octanol–water partition coefficient (Wildman–Crippen LogP) is 10.0. The first-order chi connectivity index (χ1) is 22.0. The van der Waals surface area contributed by atoms with Crippen molar-refractivity contribution < 1.29 is 27.2 Å². The summed E-state index contributed by atoms with van der Waals surface area (Å²) in [4.78, 5) is 9.04. The molecule has 0 unspecified atom stereocenters. The molecule has 2 nitrogen and oxygen atoms in total. The average molecular weight is 848 g/mol. The summed E-state index contributed by atoms with van der Waals surface area (Å²) in [6.45, 7) is 1.96. The molecule has 0 saturated heterocycles. The van der Waals surface area contributed by atoms with Crippen molar-refractivity contribution in [2.75, 3.05) is 0 Å². The first kappa shape index (κ1) is 30.2. The number of nitrogens with zero attached hydrogens (tertiary/aromatic N) is 2. The zero-order valence-electron chi connectivity index (χ0n) is 27.5. The van der Waals surface area contributed by atoms with Gasteiger partial charge in [-0.25, -0.2) is 4.39 Å². The van der Waals surface area contributed by atoms with Gasteiger partial charge in [0.15, 0.2) is 0 Å². The minimum Gasteiger partial charge on any atom is 0 e. The topological polar surface area (TPSA) is 25.8 Å². The summed E-state index contributed by atoms with van der Waals surface area (Å²) in [7, 11) is 0. The van der Waals surface area contributed by atoms with E-state index in [1.165, 1.54) is 10.5 Å². The van der Waals surface area contributed by atoms with Crippen LogP contribution < -0.4 is 4.40 Å². The summed E-state index contributed by atoms with van der Waals surface area (Å²) in [5.74, 6) is 6.88. The molecule has 0 aliphatic carbocycles. The van der Waals surface area contributed by atoms with Crippen LogP contribution >= 0.6 is 11.3 Å². The van der Waals surface area contributed by atoms with Crippen LogP contribution in [0, 0.1) is 24.9 Å². The summed E-state index contributed by atoms with van der Waals surface area (Å²) in [5, 5.41) is 1.83. The molecule has 0 N–H and O–H groups in total. The first-order valence-corrected chi connectivity index (χ1v) is 22.7. The molecule has 4 aromatic carbocycles. The maximum atomic E-state index is 13.8. The molecule has 3 aromatic heterocycles. The van der Waals surface area contributed by atoms with Crippen LogP contribution in [0.2, 0.25) is 17.3 Å². The maximum Gasteiger partial charge on any atom is 0 e. The van der Waals surface area contributed by atoms with E-state index in [2.05, 4.69) is 51.5 Å². The third-order valence-electron chi connectivity index (χ3n) is 7.33. The molecule has 0 aliphatic heterocycles. The van der Waals surface area contributed by atoms with E-state index in [9.17, 15) is 4.39 Å². The summed E-state index contributed by atoms with van der Waals surface area (Å²) < 4.78 is 34.7. The number of pyridine rings is 2. The molecule has 0 saturated carbocycles. The summed E-state index contributed by atoms with van der Waals surface area (Å²) in [6.07, 6.45) is 2.02. The summed E-state index contributed by atoms with van der Waals surface area (Å²) in [6, 6.07) is 38.3. The van der Waals surface area contributed by atoms with Crippen molar-refractivity contribution in [1.82, 2.24) is 9.97 Å². The van der Waals surface area contributed by atoms with Crippen LogP contribution in [0.15, 0.2) is 116 Å². The number of benzene rings is 4. The molecule has 1 radical (unpaired) electrons. The average Bonchev–Trinajstić information content (AvgIpc) is 3.43. The van der Waals surface area contributed by atoms with Crippen molar-refractivity contribution in [3.05, 3.63) is 150 Å². The molecular formula is C39H33FGeIrN2S-2. The van der Waals surface area contributed by atoms with E-state index in [1.807, 2.05) is 67.7 Å². The van der Waals surface area contributed by atoms with Gasteiger partial charge in [-0.1, -0.05) is 41.3 Å². The van der Waals surface area contributed by atoms with Gasteiger partial charge in [0, 0.05) is 33.7 Å². The van der Waals surface area contributed by atoms with Gasteiger partial charge in [-0.15, -0.1) is 23.8 Å². The monoisotopic (exact) mass is 849 g/mol. The molecule has 45 heavy (non-hydrogen) atoms. The van der Waals surface area contributed by atoms with Crippen LogP contribution in [-0.2, 0) is 26.5 Å². The number of aromatic nitrogens is 2. The third-order valence-corrected chi connectivity index (χ3v) is 12.8. The maximum absolute atomic E-state index is 13.8. The fraction of sp³-hybridized carbons (Fsp3) is 0.128. The Morgan fingerprint density at radius 3 is 2.38 bits per heavy atom. The van der Waals surface area contributed by atoms with E-state index in [-0.39, 0.29) is 25.9 Å². The van der Waals surface area contributed by atoms with Gasteiger partial charge >= 0.3 is 99.8 Å². The zero-order chi connectivity index (χ0) is 32.5. The molecule has 0 atom stereocenters. The number of aryl methyl sites for hydroxylation is 1. The molecule has 0 aliphatic rings. The number of thiophene rings is 1. The van der Waals surface area contributed by atoms with Crippen LogP contribution in [0.1, 0.15) is 19.4 Å². The Morgan fingerprint density at radius 2 is 1.64 bits per heavy atom. The molecule has 227 valence electrons. The van der Waals surface area contributed by atoms with Gasteiger partial charge in [-0.2, -0.15) is 11.3 Å². The standard InChI is InChI=1S/C25H17FNS.C14H16GeN.Ir/c1-16-4-2-5-17(12-16)13-18-10-11-27-23(14-18)21-7-3-6-20-22-15-19(26)8-9-24(22)28-25(20)21;1-15(2,3)13-9-10-14(16-11-13)12-7-5-4-6-8-12;/h2-6,8-12,14-15H,13H2,1H3;4-7,9-11H,1-3H3;/q2*-1;/i13D2;;. The van der Waals surface area contributed by atoms with Gasteiger partial charge in [0.2, 0.25) is 0 Å². The van der Waals surface area contributed by atoms with Crippen molar-refractivity contribution in [2.24, 2.45) is 0 Å². The summed E-state index contributed by atoms with van der Waals surface area (Å²) >= 11 is -0.144. The number of halogens is 1. The van der Waals surface area contributed by atoms with Crippen molar-refractivity contribution in [1.29, 1.82) is 0 Å². The molecule has 6 heteroatoms. The summed E-state index contributed by atoms with van der Waals surface area (Å²) in [5.41, 5.74) is 5.69. The molecular weight excluding hydrogens is 812 g/mol. The Morgan fingerprint density at radius 1 is 0.800 bits per heavy atom. The quantitative estimate of drug-likeness (QED) is 0.127. The molecule has 3 heterocycles. The van der Waals surface area contributed by atoms with Gasteiger partial charge in [0.05, 0.1) is 0 Å². The van der Waals surface area contributed by atoms with Gasteiger partial charge in [-0.05, 0) is 64.5 Å². The number of hydrogen-bond acceptors (Lipinski definition) is 3. The normalized spacial score (nSPS) is 12.1. The Kier molecular flexibility index (Phi) is 9.60. The second kappa shape index (κ2) is 14.3. The molecule has 0 amide bonds. The molecule has 0 bridgehead atoms. The van der Waals surface area contributed by atoms with Crippen LogP contribution in [-0.4, -0.2) is 23.2 Å². The smallest absolute Gasteiger partial charge is 0 e. The Balaban J connectivity index is 0.000000217. The molecule has 7 aromatic rings. The van der Waals surface area contributed by atoms with Crippen LogP contribution in [0.4, 0.5) is 4.39 Å². The van der Waals surface area contributed by atoms with Crippen molar-refractivity contribution in [3.8, 4) is 22.5 Å². The minimum atomic E-state index is -1.72. The van der Waals surface area contributed by atoms with Gasteiger partial charge in [0.1, 0.15) is 5.82 Å². The van der Waals surface area contributed by atoms with E-state index in [4.69, 9.17) is 2.74 Å². The van der Waals surface area contributed by atoms with Crippen molar-refractivity contribution in [3.63, 3.8) is 0 Å². The minimum absolute atomic E-state index is 0. The van der Waals surface area contributed by atoms with E-state index in [1.54, 1.807) is 47.9 Å². The van der Waals surface area contributed by atoms with E-state index in [0.717, 1.165) is 42.6 Å². The Hall–Kier alpha value is -3.48. The number of fused-ring (bicyclic) bond motifs is 3. The van der Waals surface area contributed by atoms with Crippen LogP contribution in [0.3, 0.4) is 0 Å². The fourth-order valence-electron chi connectivity index (χ4n) is 4.99. The van der Waals surface area contributed by atoms with Crippen molar-refractivity contribution >= 4 is 49.2 Å². The van der Waals surface area contributed by atoms with Gasteiger partial charge in [-0.3, -0.25) is 0 Å². The SMILES string of the molecule is [2H]C([2H])(c1cccc(C)c1)c1ccnc(-c2[c-]ccc3c2sc2ccc(F)cc23)c1.[CH3][Ge]([CH3])([CH3])[c]1ccc(-c2[c-]cccc2)nc1.[Ir]. The largest absolute Gasteiger partial charge is 0 e. The molecule has 7 rings (SSSR count). The second-order valence-electron chi connectivity index (χ2n) is 11.7. The molecule has 0 fully saturated rings. The van der Waals surface area contributed by atoms with E-state index < -0.39 is 19.6 Å². The van der Waals surface area contributed by atoms with Crippen LogP contribution in [0.25, 0.3) is 42.7 Å². The van der Waals surface area contributed by atoms with Gasteiger partial charge in [0.25, 0.3) is 0 Å². The predicted molar refractivity (Wildman–Crippen MR) is 187 cm³/mol. The zero-order valence-corrected chi connectivity index (χ0v) is 30.8. The Labute approximate surface area is 287 Å². The Bertz CT molecular complexity index is 2150. The van der Waals surface area contributed by atoms with Gasteiger partial charge < -0.3 is 4.98 Å². The van der Waals surface area contributed by atoms with Crippen LogP contribution in [0.5, 0.6) is 0 Å². The second-order valence-corrected chi connectivity index (χ2v) is 23.4. The van der Waals surface area contributed by atoms with E-state index >= 15 is 0 Å². The van der Waals surface area contributed by atoms with E-state index in [0.29, 0.717) is 16.8 Å². The first-order valence-electron chi connectivity index (χ1n) is 15.5. The fourth-order valence-corrected chi connectivity index (χ4v) is 8.35. The van der Waals surface area contributed by atoms with Crippen molar-refractivity contribution in [2.45, 2.75) is 30.6 Å². The molecule has 0 spiro atoms. The third kappa shape index (κ3) is 7.85. The number of hydrogen-bond donors (Lipinski definition) is 0. The number of rotatable bonds is 5.